The van der Waals surface area contributed by atoms with Gasteiger partial charge in [-0.2, -0.15) is 0 Å². The molecule has 22 heavy (non-hydrogen) atoms. The summed E-state index contributed by atoms with van der Waals surface area (Å²) in [5.74, 6) is 0.758. The minimum Gasteiger partial charge on any atom is -0.484 e. The molecule has 5 nitrogen and oxygen atoms in total. The Labute approximate surface area is 138 Å². The Bertz CT molecular complexity index is 657. The molecule has 0 aliphatic rings. The Balaban J connectivity index is 2.11. The standard InChI is InChI=1S/C15H15Cl2N3O2/c1-9(2)18-14(21)8-22-11-5-3-4-10(6-11)15-19-12(16)7-13(17)20-15/h3-7,9H,8H2,1-2H3,(H,18,21). The second-order valence-electron chi connectivity index (χ2n) is 4.88. The zero-order valence-corrected chi connectivity index (χ0v) is 13.6. The molecule has 116 valence electrons. The van der Waals surface area contributed by atoms with E-state index in [9.17, 15) is 4.79 Å². The molecule has 1 amide bonds. The summed E-state index contributed by atoms with van der Waals surface area (Å²) in [4.78, 5) is 19.8. The van der Waals surface area contributed by atoms with Crippen molar-refractivity contribution >= 4 is 29.1 Å². The van der Waals surface area contributed by atoms with Gasteiger partial charge in [-0.25, -0.2) is 9.97 Å². The third kappa shape index (κ3) is 4.86. The first-order valence-electron chi connectivity index (χ1n) is 6.66. The molecule has 1 N–H and O–H groups in total. The van der Waals surface area contributed by atoms with Gasteiger partial charge in [0.25, 0.3) is 5.91 Å². The molecular formula is C15H15Cl2N3O2. The van der Waals surface area contributed by atoms with Crippen LogP contribution in [0.1, 0.15) is 13.8 Å². The van der Waals surface area contributed by atoms with E-state index in [0.717, 1.165) is 0 Å². The van der Waals surface area contributed by atoms with Gasteiger partial charge in [-0.15, -0.1) is 0 Å². The Morgan fingerprint density at radius 1 is 1.23 bits per heavy atom. The predicted molar refractivity (Wildman–Crippen MR) is 86.3 cm³/mol. The van der Waals surface area contributed by atoms with E-state index in [4.69, 9.17) is 27.9 Å². The normalized spacial score (nSPS) is 10.6. The highest BCUT2D eigenvalue weighted by atomic mass is 35.5. The number of benzene rings is 1. The number of aromatic nitrogens is 2. The van der Waals surface area contributed by atoms with Crippen LogP contribution in [0, 0.1) is 0 Å². The van der Waals surface area contributed by atoms with Gasteiger partial charge in [0.05, 0.1) is 0 Å². The van der Waals surface area contributed by atoms with Gasteiger partial charge in [0.1, 0.15) is 16.1 Å². The quantitative estimate of drug-likeness (QED) is 0.848. The number of nitrogens with one attached hydrogen (secondary N) is 1. The summed E-state index contributed by atoms with van der Waals surface area (Å²) in [6, 6.07) is 8.60. The van der Waals surface area contributed by atoms with Crippen LogP contribution in [-0.2, 0) is 4.79 Å². The molecule has 0 radical (unpaired) electrons. The van der Waals surface area contributed by atoms with Crippen molar-refractivity contribution in [3.8, 4) is 17.1 Å². The fourth-order valence-electron chi connectivity index (χ4n) is 1.76. The van der Waals surface area contributed by atoms with Crippen molar-refractivity contribution in [1.29, 1.82) is 0 Å². The van der Waals surface area contributed by atoms with E-state index in [2.05, 4.69) is 15.3 Å². The second-order valence-corrected chi connectivity index (χ2v) is 5.65. The van der Waals surface area contributed by atoms with Gasteiger partial charge in [-0.1, -0.05) is 35.3 Å². The molecule has 7 heteroatoms. The lowest BCUT2D eigenvalue weighted by molar-refractivity contribution is -0.123. The van der Waals surface area contributed by atoms with Crippen LogP contribution in [0.2, 0.25) is 10.3 Å². The Morgan fingerprint density at radius 3 is 2.55 bits per heavy atom. The monoisotopic (exact) mass is 339 g/mol. The van der Waals surface area contributed by atoms with Gasteiger partial charge in [0.2, 0.25) is 0 Å². The maximum absolute atomic E-state index is 11.6. The van der Waals surface area contributed by atoms with Crippen molar-refractivity contribution in [2.24, 2.45) is 0 Å². The summed E-state index contributed by atoms with van der Waals surface area (Å²) in [6.07, 6.45) is 0. The molecule has 2 aromatic rings. The van der Waals surface area contributed by atoms with Crippen molar-refractivity contribution in [3.05, 3.63) is 40.6 Å². The van der Waals surface area contributed by atoms with Crippen LogP contribution in [0.15, 0.2) is 30.3 Å². The highest BCUT2D eigenvalue weighted by Crippen LogP contribution is 2.23. The maximum Gasteiger partial charge on any atom is 0.258 e. The van der Waals surface area contributed by atoms with Gasteiger partial charge in [-0.05, 0) is 26.0 Å². The molecule has 2 rings (SSSR count). The zero-order valence-electron chi connectivity index (χ0n) is 12.1. The summed E-state index contributed by atoms with van der Waals surface area (Å²) in [5.41, 5.74) is 0.700. The number of carbonyl (C=O) groups excluding carboxylic acids is 1. The molecule has 1 heterocycles. The van der Waals surface area contributed by atoms with E-state index < -0.39 is 0 Å². The minimum absolute atomic E-state index is 0.0568. The summed E-state index contributed by atoms with van der Waals surface area (Å²) in [7, 11) is 0. The van der Waals surface area contributed by atoms with E-state index in [1.165, 1.54) is 6.07 Å². The number of nitrogens with zero attached hydrogens (tertiary/aromatic N) is 2. The number of carbonyl (C=O) groups is 1. The summed E-state index contributed by atoms with van der Waals surface area (Å²) < 4.78 is 5.46. The van der Waals surface area contributed by atoms with E-state index >= 15 is 0 Å². The zero-order chi connectivity index (χ0) is 16.1. The van der Waals surface area contributed by atoms with Crippen molar-refractivity contribution in [3.63, 3.8) is 0 Å². The molecule has 0 bridgehead atoms. The predicted octanol–water partition coefficient (Wildman–Crippen LogP) is 3.35. The van der Waals surface area contributed by atoms with Crippen molar-refractivity contribution < 1.29 is 9.53 Å². The number of amides is 1. The SMILES string of the molecule is CC(C)NC(=O)COc1cccc(-c2nc(Cl)cc(Cl)n2)c1. The Hall–Kier alpha value is -1.85. The fraction of sp³-hybridized carbons (Fsp3) is 0.267. The van der Waals surface area contributed by atoms with Gasteiger partial charge < -0.3 is 10.1 Å². The van der Waals surface area contributed by atoms with Gasteiger partial charge in [0, 0.05) is 17.7 Å². The number of ether oxygens (including phenoxy) is 1. The van der Waals surface area contributed by atoms with Crippen LogP contribution in [0.3, 0.4) is 0 Å². The average molecular weight is 340 g/mol. The first kappa shape index (κ1) is 16.5. The highest BCUT2D eigenvalue weighted by molar-refractivity contribution is 6.33. The third-order valence-corrected chi connectivity index (χ3v) is 2.96. The van der Waals surface area contributed by atoms with E-state index in [1.54, 1.807) is 18.2 Å². The first-order chi connectivity index (χ1) is 10.4. The summed E-state index contributed by atoms with van der Waals surface area (Å²) >= 11 is 11.7. The molecule has 0 fully saturated rings. The largest absolute Gasteiger partial charge is 0.484 e. The number of rotatable bonds is 5. The molecule has 0 atom stereocenters. The highest BCUT2D eigenvalue weighted by Gasteiger charge is 2.08. The lowest BCUT2D eigenvalue weighted by atomic mass is 10.2. The molecule has 0 saturated carbocycles. The van der Waals surface area contributed by atoms with E-state index in [0.29, 0.717) is 17.1 Å². The van der Waals surface area contributed by atoms with Crippen LogP contribution in [0.5, 0.6) is 5.75 Å². The smallest absolute Gasteiger partial charge is 0.258 e. The molecule has 0 saturated heterocycles. The molecule has 0 aliphatic carbocycles. The lowest BCUT2D eigenvalue weighted by Crippen LogP contribution is -2.34. The molecule has 0 aliphatic heterocycles. The minimum atomic E-state index is -0.178. The molecule has 1 aromatic carbocycles. The maximum atomic E-state index is 11.6. The topological polar surface area (TPSA) is 64.1 Å². The van der Waals surface area contributed by atoms with Gasteiger partial charge in [-0.3, -0.25) is 4.79 Å². The lowest BCUT2D eigenvalue weighted by Gasteiger charge is -2.10. The number of hydrogen-bond donors (Lipinski definition) is 1. The van der Waals surface area contributed by atoms with Crippen molar-refractivity contribution in [2.75, 3.05) is 6.61 Å². The summed E-state index contributed by atoms with van der Waals surface area (Å²) in [5, 5.41) is 3.27. The molecular weight excluding hydrogens is 325 g/mol. The van der Waals surface area contributed by atoms with Crippen LogP contribution >= 0.6 is 23.2 Å². The third-order valence-electron chi connectivity index (χ3n) is 2.58. The Kier molecular flexibility index (Phi) is 5.57. The Morgan fingerprint density at radius 2 is 1.91 bits per heavy atom. The number of hydrogen-bond acceptors (Lipinski definition) is 4. The molecule has 0 unspecified atom stereocenters. The first-order valence-corrected chi connectivity index (χ1v) is 7.42. The summed E-state index contributed by atoms with van der Waals surface area (Å²) in [6.45, 7) is 3.72. The fourth-order valence-corrected chi connectivity index (χ4v) is 2.18. The van der Waals surface area contributed by atoms with E-state index in [-0.39, 0.29) is 28.9 Å². The van der Waals surface area contributed by atoms with Crippen molar-refractivity contribution in [1.82, 2.24) is 15.3 Å². The molecule has 1 aromatic heterocycles. The van der Waals surface area contributed by atoms with Crippen LogP contribution in [0.4, 0.5) is 0 Å². The van der Waals surface area contributed by atoms with Crippen LogP contribution in [-0.4, -0.2) is 28.5 Å². The van der Waals surface area contributed by atoms with Crippen LogP contribution < -0.4 is 10.1 Å². The van der Waals surface area contributed by atoms with Crippen LogP contribution in [0.25, 0.3) is 11.4 Å². The van der Waals surface area contributed by atoms with E-state index in [1.807, 2.05) is 19.9 Å². The average Bonchev–Trinajstić information content (AvgIpc) is 2.44. The molecule has 0 spiro atoms. The van der Waals surface area contributed by atoms with Gasteiger partial charge in [0.15, 0.2) is 12.4 Å². The van der Waals surface area contributed by atoms with Crippen molar-refractivity contribution in [2.45, 2.75) is 19.9 Å². The van der Waals surface area contributed by atoms with Gasteiger partial charge >= 0.3 is 0 Å². The second kappa shape index (κ2) is 7.42. The number of halogens is 2.